The second-order valence-corrected chi connectivity index (χ2v) is 5.85. The number of hydrogen-bond acceptors (Lipinski definition) is 3. The van der Waals surface area contributed by atoms with Gasteiger partial charge in [0.25, 0.3) is 0 Å². The number of rotatable bonds is 2. The lowest BCUT2D eigenvalue weighted by Gasteiger charge is -2.13. The van der Waals surface area contributed by atoms with Crippen LogP contribution in [-0.2, 0) is 0 Å². The highest BCUT2D eigenvalue weighted by atomic mass is 32.2. The lowest BCUT2D eigenvalue weighted by Crippen LogP contribution is -2.11. The number of ketones is 1. The van der Waals surface area contributed by atoms with Gasteiger partial charge in [0.15, 0.2) is 5.78 Å². The molecule has 2 nitrogen and oxygen atoms in total. The summed E-state index contributed by atoms with van der Waals surface area (Å²) in [5.41, 5.74) is 2.93. The van der Waals surface area contributed by atoms with Crippen LogP contribution in [0.5, 0.6) is 0 Å². The summed E-state index contributed by atoms with van der Waals surface area (Å²) < 4.78 is 0. The molecule has 0 saturated carbocycles. The average molecular weight is 281 g/mol. The van der Waals surface area contributed by atoms with Crippen molar-refractivity contribution in [2.45, 2.75) is 11.8 Å². The number of carbonyl (C=O) groups is 1. The van der Waals surface area contributed by atoms with Crippen LogP contribution in [0.3, 0.4) is 0 Å². The topological polar surface area (TPSA) is 20.3 Å². The fourth-order valence-corrected chi connectivity index (χ4v) is 3.37. The van der Waals surface area contributed by atoms with Gasteiger partial charge in [-0.15, -0.1) is 0 Å². The summed E-state index contributed by atoms with van der Waals surface area (Å²) in [6, 6.07) is 15.9. The van der Waals surface area contributed by atoms with E-state index in [9.17, 15) is 4.79 Å². The van der Waals surface area contributed by atoms with Crippen LogP contribution in [0.25, 0.3) is 0 Å². The van der Waals surface area contributed by atoms with Crippen LogP contribution >= 0.6 is 11.8 Å². The van der Waals surface area contributed by atoms with Crippen molar-refractivity contribution in [3.8, 4) is 0 Å². The predicted octanol–water partition coefficient (Wildman–Crippen LogP) is 4.26. The maximum absolute atomic E-state index is 12.4. The van der Waals surface area contributed by atoms with E-state index >= 15 is 0 Å². The molecule has 0 aromatic heterocycles. The molecular weight excluding hydrogens is 266 g/mol. The number of anilines is 1. The van der Waals surface area contributed by atoms with Crippen LogP contribution in [0.2, 0.25) is 0 Å². The van der Waals surface area contributed by atoms with Crippen molar-refractivity contribution >= 4 is 23.2 Å². The largest absolute Gasteiger partial charge is 0.338 e. The number of aryl methyl sites for hydroxylation is 1. The van der Waals surface area contributed by atoms with E-state index in [2.05, 4.69) is 17.0 Å². The van der Waals surface area contributed by atoms with Crippen LogP contribution in [0, 0.1) is 6.92 Å². The molecule has 0 bridgehead atoms. The van der Waals surface area contributed by atoms with Gasteiger partial charge in [-0.25, -0.2) is 0 Å². The predicted molar refractivity (Wildman–Crippen MR) is 84.3 cm³/mol. The number of fused-ring (bicyclic) bond motifs is 1. The summed E-state index contributed by atoms with van der Waals surface area (Å²) in [6.45, 7) is 1.96. The third-order valence-corrected chi connectivity index (χ3v) is 4.60. The molecule has 0 fully saturated rings. The molecule has 1 aliphatic rings. The van der Waals surface area contributed by atoms with E-state index < -0.39 is 0 Å². The Morgan fingerprint density at radius 3 is 2.55 bits per heavy atom. The molecule has 0 aliphatic carbocycles. The molecule has 2 aromatic rings. The van der Waals surface area contributed by atoms with E-state index in [0.717, 1.165) is 21.8 Å². The third-order valence-electron chi connectivity index (χ3n) is 3.44. The van der Waals surface area contributed by atoms with Crippen molar-refractivity contribution in [2.24, 2.45) is 0 Å². The second-order valence-electron chi connectivity index (χ2n) is 4.79. The van der Waals surface area contributed by atoms with Crippen molar-refractivity contribution in [1.29, 1.82) is 0 Å². The monoisotopic (exact) mass is 281 g/mol. The molecule has 0 atom stereocenters. The third kappa shape index (κ3) is 2.25. The number of carbonyl (C=O) groups excluding carboxylic acids is 1. The Bertz CT molecular complexity index is 706. The zero-order valence-corrected chi connectivity index (χ0v) is 12.3. The van der Waals surface area contributed by atoms with Crippen LogP contribution in [0.1, 0.15) is 15.9 Å². The normalized spacial score (nSPS) is 15.5. The zero-order valence-electron chi connectivity index (χ0n) is 11.5. The molecule has 2 aromatic carbocycles. The highest BCUT2D eigenvalue weighted by Crippen LogP contribution is 2.44. The van der Waals surface area contributed by atoms with Crippen molar-refractivity contribution in [3.63, 3.8) is 0 Å². The molecule has 20 heavy (non-hydrogen) atoms. The van der Waals surface area contributed by atoms with Gasteiger partial charge in [-0.3, -0.25) is 4.79 Å². The quantitative estimate of drug-likeness (QED) is 0.606. The average Bonchev–Trinajstić information content (AvgIpc) is 2.76. The second kappa shape index (κ2) is 5.17. The maximum Gasteiger partial charge on any atom is 0.188 e. The summed E-state index contributed by atoms with van der Waals surface area (Å²) >= 11 is 1.64. The smallest absolute Gasteiger partial charge is 0.188 e. The van der Waals surface area contributed by atoms with E-state index in [1.165, 1.54) is 4.90 Å². The molecule has 100 valence electrons. The van der Waals surface area contributed by atoms with Gasteiger partial charge in [-0.2, -0.15) is 0 Å². The number of para-hydroxylation sites is 1. The first-order valence-corrected chi connectivity index (χ1v) is 7.31. The minimum atomic E-state index is 0.0604. The standard InChI is InChI=1S/C17H15NOS/c1-12-7-3-4-8-13(12)15(19)11-17-18(2)14-9-5-6-10-16(14)20-17/h3-11H,1-2H3/b17-11-. The Labute approximate surface area is 123 Å². The van der Waals surface area contributed by atoms with Crippen LogP contribution in [0.4, 0.5) is 5.69 Å². The molecule has 0 radical (unpaired) electrons. The van der Waals surface area contributed by atoms with E-state index in [-0.39, 0.29) is 5.78 Å². The first kappa shape index (κ1) is 13.0. The highest BCUT2D eigenvalue weighted by molar-refractivity contribution is 8.03. The summed E-state index contributed by atoms with van der Waals surface area (Å²) in [5, 5.41) is 0.972. The maximum atomic E-state index is 12.4. The van der Waals surface area contributed by atoms with Crippen molar-refractivity contribution in [3.05, 3.63) is 70.8 Å². The fraction of sp³-hybridized carbons (Fsp3) is 0.118. The zero-order chi connectivity index (χ0) is 14.1. The first-order chi connectivity index (χ1) is 9.66. The van der Waals surface area contributed by atoms with Gasteiger partial charge in [-0.1, -0.05) is 48.2 Å². The number of nitrogens with zero attached hydrogens (tertiary/aromatic N) is 1. The van der Waals surface area contributed by atoms with Gasteiger partial charge < -0.3 is 4.90 Å². The summed E-state index contributed by atoms with van der Waals surface area (Å²) in [5.74, 6) is 0.0604. The molecule has 0 amide bonds. The Hall–Kier alpha value is -2.00. The lowest BCUT2D eigenvalue weighted by atomic mass is 10.1. The van der Waals surface area contributed by atoms with Gasteiger partial charge in [-0.05, 0) is 24.6 Å². The number of benzene rings is 2. The number of hydrogen-bond donors (Lipinski definition) is 0. The molecule has 1 aliphatic heterocycles. The summed E-state index contributed by atoms with van der Waals surface area (Å²) in [7, 11) is 2.00. The van der Waals surface area contributed by atoms with Crippen molar-refractivity contribution < 1.29 is 4.79 Å². The van der Waals surface area contributed by atoms with Gasteiger partial charge in [0, 0.05) is 23.6 Å². The number of allylic oxidation sites excluding steroid dienone is 1. The molecule has 0 spiro atoms. The number of thioether (sulfide) groups is 1. The molecule has 1 heterocycles. The van der Waals surface area contributed by atoms with Gasteiger partial charge in [0.05, 0.1) is 10.7 Å². The lowest BCUT2D eigenvalue weighted by molar-refractivity contribution is 0.104. The Morgan fingerprint density at radius 2 is 1.80 bits per heavy atom. The molecule has 0 N–H and O–H groups in total. The minimum Gasteiger partial charge on any atom is -0.338 e. The first-order valence-electron chi connectivity index (χ1n) is 6.49. The van der Waals surface area contributed by atoms with Crippen molar-refractivity contribution in [1.82, 2.24) is 0 Å². The molecule has 0 unspecified atom stereocenters. The summed E-state index contributed by atoms with van der Waals surface area (Å²) in [6.07, 6.45) is 1.73. The Morgan fingerprint density at radius 1 is 1.10 bits per heavy atom. The minimum absolute atomic E-state index is 0.0604. The molecular formula is C17H15NOS. The van der Waals surface area contributed by atoms with E-state index in [4.69, 9.17) is 0 Å². The Kier molecular flexibility index (Phi) is 3.36. The summed E-state index contributed by atoms with van der Waals surface area (Å²) in [4.78, 5) is 15.7. The van der Waals surface area contributed by atoms with E-state index in [1.54, 1.807) is 17.8 Å². The van der Waals surface area contributed by atoms with Crippen LogP contribution in [0.15, 0.2) is 64.5 Å². The van der Waals surface area contributed by atoms with Gasteiger partial charge in [0.1, 0.15) is 0 Å². The van der Waals surface area contributed by atoms with Crippen molar-refractivity contribution in [2.75, 3.05) is 11.9 Å². The fourth-order valence-electron chi connectivity index (χ4n) is 2.29. The van der Waals surface area contributed by atoms with Crippen LogP contribution in [-0.4, -0.2) is 12.8 Å². The SMILES string of the molecule is Cc1ccccc1C(=O)/C=C1\Sc2ccccc2N1C. The molecule has 3 heteroatoms. The van der Waals surface area contributed by atoms with E-state index in [0.29, 0.717) is 0 Å². The van der Waals surface area contributed by atoms with E-state index in [1.807, 2.05) is 50.4 Å². The Balaban J connectivity index is 1.92. The van der Waals surface area contributed by atoms with Gasteiger partial charge >= 0.3 is 0 Å². The highest BCUT2D eigenvalue weighted by Gasteiger charge is 2.22. The van der Waals surface area contributed by atoms with Gasteiger partial charge in [0.2, 0.25) is 0 Å². The molecule has 3 rings (SSSR count). The molecule has 0 saturated heterocycles. The van der Waals surface area contributed by atoms with Crippen LogP contribution < -0.4 is 4.90 Å².